The summed E-state index contributed by atoms with van der Waals surface area (Å²) in [4.78, 5) is 28.1. The van der Waals surface area contributed by atoms with Gasteiger partial charge in [0.2, 0.25) is 11.8 Å². The second kappa shape index (κ2) is 9.95. The zero-order chi connectivity index (χ0) is 18.5. The van der Waals surface area contributed by atoms with Crippen molar-refractivity contribution in [2.45, 2.75) is 44.6 Å². The predicted molar refractivity (Wildman–Crippen MR) is 107 cm³/mol. The quantitative estimate of drug-likeness (QED) is 0.770. The van der Waals surface area contributed by atoms with E-state index in [0.717, 1.165) is 57.4 Å². The molecule has 3 rings (SSSR count). The summed E-state index contributed by atoms with van der Waals surface area (Å²) in [6.45, 7) is 3.27. The van der Waals surface area contributed by atoms with Gasteiger partial charge in [-0.1, -0.05) is 12.1 Å². The summed E-state index contributed by atoms with van der Waals surface area (Å²) in [5.41, 5.74) is 7.06. The first-order valence-corrected chi connectivity index (χ1v) is 9.63. The molecule has 2 aliphatic rings. The fraction of sp³-hybridized carbons (Fsp3) is 0.600. The zero-order valence-electron chi connectivity index (χ0n) is 15.7. The molecule has 0 saturated carbocycles. The molecule has 150 valence electrons. The van der Waals surface area contributed by atoms with Gasteiger partial charge in [0.15, 0.2) is 0 Å². The van der Waals surface area contributed by atoms with Crippen molar-refractivity contribution in [3.8, 4) is 5.75 Å². The Kier molecular flexibility index (Phi) is 7.92. The van der Waals surface area contributed by atoms with E-state index >= 15 is 0 Å². The molecule has 0 aliphatic carbocycles. The highest BCUT2D eigenvalue weighted by Gasteiger charge is 2.27. The van der Waals surface area contributed by atoms with Gasteiger partial charge in [0, 0.05) is 32.6 Å². The van der Waals surface area contributed by atoms with Crippen LogP contribution in [0.4, 0.5) is 0 Å². The van der Waals surface area contributed by atoms with Gasteiger partial charge >= 0.3 is 0 Å². The number of hydrogen-bond acceptors (Lipinski definition) is 4. The normalized spacial score (nSPS) is 19.1. The number of phenolic OH excluding ortho intramolecular Hbond substituents is 1. The number of carbonyl (C=O) groups excluding carboxylic acids is 2. The third-order valence-corrected chi connectivity index (χ3v) is 5.61. The first-order valence-electron chi connectivity index (χ1n) is 9.63. The van der Waals surface area contributed by atoms with Crippen LogP contribution in [0.2, 0.25) is 0 Å². The third kappa shape index (κ3) is 5.84. The van der Waals surface area contributed by atoms with Crippen LogP contribution in [-0.4, -0.2) is 58.9 Å². The number of phenols is 1. The maximum atomic E-state index is 12.6. The van der Waals surface area contributed by atoms with Crippen LogP contribution in [0.3, 0.4) is 0 Å². The second-order valence-electron chi connectivity index (χ2n) is 7.52. The van der Waals surface area contributed by atoms with Crippen molar-refractivity contribution in [2.24, 2.45) is 11.7 Å². The van der Waals surface area contributed by atoms with Crippen molar-refractivity contribution < 1.29 is 14.7 Å². The average Bonchev–Trinajstić information content (AvgIpc) is 3.06. The molecule has 0 unspecified atom stereocenters. The van der Waals surface area contributed by atoms with Crippen LogP contribution in [0.5, 0.6) is 5.75 Å². The number of halogens is 1. The molecule has 0 spiro atoms. The van der Waals surface area contributed by atoms with Crippen LogP contribution < -0.4 is 5.73 Å². The average molecular weight is 396 g/mol. The maximum Gasteiger partial charge on any atom is 0.239 e. The van der Waals surface area contributed by atoms with Crippen molar-refractivity contribution in [2.75, 3.05) is 26.2 Å². The number of likely N-dealkylation sites (tertiary alicyclic amines) is 2. The first kappa shape index (κ1) is 21.5. The Balaban J connectivity index is 0.00000261. The van der Waals surface area contributed by atoms with Gasteiger partial charge in [-0.15, -0.1) is 12.4 Å². The molecular weight excluding hydrogens is 366 g/mol. The monoisotopic (exact) mass is 395 g/mol. The van der Waals surface area contributed by atoms with Crippen LogP contribution in [0.25, 0.3) is 0 Å². The van der Waals surface area contributed by atoms with Gasteiger partial charge in [-0.05, 0) is 55.7 Å². The molecular formula is C20H30ClN3O3. The Morgan fingerprint density at radius 1 is 1.19 bits per heavy atom. The fourth-order valence-corrected chi connectivity index (χ4v) is 3.93. The van der Waals surface area contributed by atoms with Gasteiger partial charge in [-0.3, -0.25) is 9.59 Å². The molecule has 0 aromatic heterocycles. The lowest BCUT2D eigenvalue weighted by Crippen LogP contribution is -2.48. The number of aromatic hydroxyl groups is 1. The fourth-order valence-electron chi connectivity index (χ4n) is 3.93. The summed E-state index contributed by atoms with van der Waals surface area (Å²) in [6, 6.07) is 6.29. The molecule has 3 N–H and O–H groups in total. The van der Waals surface area contributed by atoms with Crippen molar-refractivity contribution in [3.63, 3.8) is 0 Å². The van der Waals surface area contributed by atoms with E-state index in [0.29, 0.717) is 18.8 Å². The number of carbonyl (C=O) groups is 2. The standard InChI is InChI=1S/C20H29N3O3.ClH/c21-18(14-16-3-5-17(24)6-4-16)20(26)23-12-8-15(9-13-23)7-11-22-10-1-2-19(22)25;/h3-6,15,18,24H,1-2,7-14,21H2;1H/t18-;/m0./s1. The molecule has 2 heterocycles. The van der Waals surface area contributed by atoms with Gasteiger partial charge in [0.05, 0.1) is 6.04 Å². The molecule has 2 amide bonds. The minimum atomic E-state index is -0.543. The third-order valence-electron chi connectivity index (χ3n) is 5.61. The Morgan fingerprint density at radius 3 is 2.44 bits per heavy atom. The van der Waals surface area contributed by atoms with E-state index in [9.17, 15) is 14.7 Å². The second-order valence-corrected chi connectivity index (χ2v) is 7.52. The highest BCUT2D eigenvalue weighted by molar-refractivity contribution is 5.85. The highest BCUT2D eigenvalue weighted by Crippen LogP contribution is 2.23. The van der Waals surface area contributed by atoms with Crippen LogP contribution in [-0.2, 0) is 16.0 Å². The van der Waals surface area contributed by atoms with E-state index in [1.54, 1.807) is 24.3 Å². The summed E-state index contributed by atoms with van der Waals surface area (Å²) in [7, 11) is 0. The molecule has 1 aromatic rings. The number of rotatable bonds is 6. The van der Waals surface area contributed by atoms with E-state index < -0.39 is 6.04 Å². The highest BCUT2D eigenvalue weighted by atomic mass is 35.5. The minimum Gasteiger partial charge on any atom is -0.508 e. The summed E-state index contributed by atoms with van der Waals surface area (Å²) in [5, 5.41) is 9.33. The summed E-state index contributed by atoms with van der Waals surface area (Å²) in [5.74, 6) is 1.09. The Hall–Kier alpha value is -1.79. The molecule has 2 aliphatic heterocycles. The first-order chi connectivity index (χ1) is 12.5. The molecule has 1 aromatic carbocycles. The SMILES string of the molecule is Cl.N[C@@H](Cc1ccc(O)cc1)C(=O)N1CCC(CCN2CCCC2=O)CC1. The van der Waals surface area contributed by atoms with E-state index in [1.807, 2.05) is 9.80 Å². The van der Waals surface area contributed by atoms with Crippen molar-refractivity contribution in [3.05, 3.63) is 29.8 Å². The summed E-state index contributed by atoms with van der Waals surface area (Å²) in [6.07, 6.45) is 5.18. The van der Waals surface area contributed by atoms with E-state index in [-0.39, 0.29) is 30.0 Å². The van der Waals surface area contributed by atoms with Crippen LogP contribution in [0.1, 0.15) is 37.7 Å². The number of nitrogens with zero attached hydrogens (tertiary/aromatic N) is 2. The molecule has 0 bridgehead atoms. The van der Waals surface area contributed by atoms with Crippen molar-refractivity contribution >= 4 is 24.2 Å². The topological polar surface area (TPSA) is 86.9 Å². The Bertz CT molecular complexity index is 630. The zero-order valence-corrected chi connectivity index (χ0v) is 16.5. The van der Waals surface area contributed by atoms with Crippen LogP contribution >= 0.6 is 12.4 Å². The largest absolute Gasteiger partial charge is 0.508 e. The Morgan fingerprint density at radius 2 is 1.85 bits per heavy atom. The predicted octanol–water partition coefficient (Wildman–Crippen LogP) is 1.93. The van der Waals surface area contributed by atoms with Crippen molar-refractivity contribution in [1.29, 1.82) is 0 Å². The van der Waals surface area contributed by atoms with Gasteiger partial charge in [-0.2, -0.15) is 0 Å². The molecule has 2 saturated heterocycles. The van der Waals surface area contributed by atoms with Crippen molar-refractivity contribution in [1.82, 2.24) is 9.80 Å². The molecule has 27 heavy (non-hydrogen) atoms. The van der Waals surface area contributed by atoms with E-state index in [2.05, 4.69) is 0 Å². The molecule has 1 atom stereocenters. The van der Waals surface area contributed by atoms with Gasteiger partial charge in [-0.25, -0.2) is 0 Å². The number of nitrogens with two attached hydrogens (primary N) is 1. The molecule has 6 nitrogen and oxygen atoms in total. The van der Waals surface area contributed by atoms with Crippen LogP contribution in [0.15, 0.2) is 24.3 Å². The lowest BCUT2D eigenvalue weighted by Gasteiger charge is -2.34. The lowest BCUT2D eigenvalue weighted by atomic mass is 9.92. The number of amides is 2. The Labute approximate surface area is 167 Å². The maximum absolute atomic E-state index is 12.6. The smallest absolute Gasteiger partial charge is 0.239 e. The minimum absolute atomic E-state index is 0. The number of benzene rings is 1. The van der Waals surface area contributed by atoms with E-state index in [4.69, 9.17) is 5.73 Å². The lowest BCUT2D eigenvalue weighted by molar-refractivity contribution is -0.134. The summed E-state index contributed by atoms with van der Waals surface area (Å²) < 4.78 is 0. The summed E-state index contributed by atoms with van der Waals surface area (Å²) >= 11 is 0. The molecule has 2 fully saturated rings. The molecule has 0 radical (unpaired) electrons. The van der Waals surface area contributed by atoms with Gasteiger partial charge in [0.1, 0.15) is 5.75 Å². The number of piperidine rings is 1. The number of hydrogen-bond donors (Lipinski definition) is 2. The van der Waals surface area contributed by atoms with Gasteiger partial charge in [0.25, 0.3) is 0 Å². The van der Waals surface area contributed by atoms with E-state index in [1.165, 1.54) is 0 Å². The van der Waals surface area contributed by atoms with Gasteiger partial charge < -0.3 is 20.6 Å². The van der Waals surface area contributed by atoms with Crippen LogP contribution in [0, 0.1) is 5.92 Å². The molecule has 7 heteroatoms.